The van der Waals surface area contributed by atoms with Crippen LogP contribution in [-0.4, -0.2) is 88.8 Å². The number of amides is 4. The van der Waals surface area contributed by atoms with E-state index in [1.807, 2.05) is 17.9 Å². The van der Waals surface area contributed by atoms with Crippen molar-refractivity contribution in [3.05, 3.63) is 35.9 Å². The van der Waals surface area contributed by atoms with Crippen molar-refractivity contribution in [1.29, 1.82) is 0 Å². The van der Waals surface area contributed by atoms with Gasteiger partial charge in [0.15, 0.2) is 0 Å². The zero-order valence-corrected chi connectivity index (χ0v) is 24.3. The first-order valence-electron chi connectivity index (χ1n) is 14.3. The molecule has 38 heavy (non-hydrogen) atoms. The molecule has 7 nitrogen and oxygen atoms in total. The van der Waals surface area contributed by atoms with E-state index in [-0.39, 0.29) is 35.7 Å². The molecule has 4 aliphatic rings. The third-order valence-corrected chi connectivity index (χ3v) is 8.95. The lowest BCUT2D eigenvalue weighted by molar-refractivity contribution is -0.136. The van der Waals surface area contributed by atoms with Gasteiger partial charge in [-0.25, -0.2) is 4.79 Å². The number of halogens is 1. The first-order valence-corrected chi connectivity index (χ1v) is 14.3. The number of nitrogens with zero attached hydrogens (tertiary/aromatic N) is 4. The highest BCUT2D eigenvalue weighted by Gasteiger charge is 2.58. The van der Waals surface area contributed by atoms with Crippen LogP contribution in [-0.2, 0) is 9.59 Å². The summed E-state index contributed by atoms with van der Waals surface area (Å²) >= 11 is 0. The van der Waals surface area contributed by atoms with Crippen molar-refractivity contribution in [1.82, 2.24) is 19.6 Å². The molecule has 5 rings (SSSR count). The highest BCUT2D eigenvalue weighted by Crippen LogP contribution is 2.41. The fourth-order valence-corrected chi connectivity index (χ4v) is 6.76. The number of rotatable bonds is 7. The van der Waals surface area contributed by atoms with Gasteiger partial charge in [-0.15, -0.1) is 12.4 Å². The van der Waals surface area contributed by atoms with Gasteiger partial charge in [-0.2, -0.15) is 0 Å². The predicted molar refractivity (Wildman–Crippen MR) is 151 cm³/mol. The monoisotopic (exact) mass is 544 g/mol. The second kappa shape index (κ2) is 11.2. The van der Waals surface area contributed by atoms with E-state index in [4.69, 9.17) is 0 Å². The van der Waals surface area contributed by atoms with Crippen LogP contribution >= 0.6 is 12.4 Å². The average Bonchev–Trinajstić information content (AvgIpc) is 3.55. The summed E-state index contributed by atoms with van der Waals surface area (Å²) in [4.78, 5) is 47.7. The molecule has 1 aromatic rings. The van der Waals surface area contributed by atoms with E-state index < -0.39 is 5.54 Å². The van der Waals surface area contributed by atoms with E-state index in [1.54, 1.807) is 4.90 Å². The number of carbonyl (C=O) groups excluding carboxylic acids is 3. The summed E-state index contributed by atoms with van der Waals surface area (Å²) in [5.41, 5.74) is 0.611. The number of likely N-dealkylation sites (tertiary alicyclic amines) is 2. The first-order chi connectivity index (χ1) is 17.6. The lowest BCUT2D eigenvalue weighted by Gasteiger charge is -2.42. The molecule has 1 aliphatic carbocycles. The van der Waals surface area contributed by atoms with E-state index in [2.05, 4.69) is 54.8 Å². The van der Waals surface area contributed by atoms with Crippen LogP contribution in [0.3, 0.4) is 0 Å². The van der Waals surface area contributed by atoms with Crippen molar-refractivity contribution in [2.75, 3.05) is 45.8 Å². The SMILES string of the molecule is CCN1C(=O)N(CC2CC2)C(=O)C12CCN(C[C@H]1CN(C(=O)CC(C)(C)C)C[C@@H]1c1ccccc1)CC2.Cl. The van der Waals surface area contributed by atoms with E-state index in [0.29, 0.717) is 50.1 Å². The average molecular weight is 545 g/mol. The standard InChI is InChI=1S/C30H44N4O3.ClH/c1-5-34-28(37)33(18-22-11-12-22)27(36)30(34)13-15-31(16-14-30)19-24-20-32(26(35)17-29(2,3)4)21-25(24)23-9-7-6-8-10-23;/h6-10,22,24-25H,5,11-21H2,1-4H3;1H/t24-,25+;/m0./s1. The molecular weight excluding hydrogens is 500 g/mol. The molecule has 1 saturated carbocycles. The van der Waals surface area contributed by atoms with Gasteiger partial charge in [-0.05, 0) is 55.4 Å². The Labute approximate surface area is 234 Å². The molecule has 0 bridgehead atoms. The van der Waals surface area contributed by atoms with Gasteiger partial charge in [-0.3, -0.25) is 14.5 Å². The van der Waals surface area contributed by atoms with Crippen LogP contribution in [0.5, 0.6) is 0 Å². The Kier molecular flexibility index (Phi) is 8.49. The van der Waals surface area contributed by atoms with Crippen LogP contribution in [0, 0.1) is 17.3 Å². The van der Waals surface area contributed by atoms with E-state index in [1.165, 1.54) is 5.56 Å². The van der Waals surface area contributed by atoms with Gasteiger partial charge in [0.25, 0.3) is 5.91 Å². The molecule has 0 radical (unpaired) electrons. The minimum atomic E-state index is -0.666. The van der Waals surface area contributed by atoms with Crippen LogP contribution < -0.4 is 0 Å². The van der Waals surface area contributed by atoms with Crippen molar-refractivity contribution in [3.63, 3.8) is 0 Å². The van der Waals surface area contributed by atoms with Crippen LogP contribution in [0.4, 0.5) is 4.79 Å². The second-order valence-corrected chi connectivity index (χ2v) is 13.0. The molecule has 1 aromatic carbocycles. The van der Waals surface area contributed by atoms with Crippen molar-refractivity contribution < 1.29 is 14.4 Å². The zero-order chi connectivity index (χ0) is 26.4. The first kappa shape index (κ1) is 28.9. The summed E-state index contributed by atoms with van der Waals surface area (Å²) < 4.78 is 0. The fourth-order valence-electron chi connectivity index (χ4n) is 6.76. The summed E-state index contributed by atoms with van der Waals surface area (Å²) in [5, 5.41) is 0. The molecule has 8 heteroatoms. The summed E-state index contributed by atoms with van der Waals surface area (Å²) in [6, 6.07) is 10.5. The molecule has 0 N–H and O–H groups in total. The minimum Gasteiger partial charge on any atom is -0.342 e. The number of hydrogen-bond donors (Lipinski definition) is 0. The van der Waals surface area contributed by atoms with Crippen molar-refractivity contribution in [2.24, 2.45) is 17.3 Å². The Morgan fingerprint density at radius 1 is 1.00 bits per heavy atom. The van der Waals surface area contributed by atoms with Gasteiger partial charge in [0.05, 0.1) is 0 Å². The third-order valence-electron chi connectivity index (χ3n) is 8.95. The number of carbonyl (C=O) groups is 3. The summed E-state index contributed by atoms with van der Waals surface area (Å²) in [7, 11) is 0. The third kappa shape index (κ3) is 5.74. The smallest absolute Gasteiger partial charge is 0.327 e. The lowest BCUT2D eigenvalue weighted by atomic mass is 9.84. The molecule has 3 aliphatic heterocycles. The van der Waals surface area contributed by atoms with Crippen LogP contribution in [0.1, 0.15) is 71.3 Å². The Hall–Kier alpha value is -2.12. The van der Waals surface area contributed by atoms with Crippen molar-refractivity contribution >= 4 is 30.3 Å². The molecular formula is C30H45ClN4O3. The van der Waals surface area contributed by atoms with Crippen LogP contribution in [0.15, 0.2) is 30.3 Å². The van der Waals surface area contributed by atoms with Gasteiger partial charge >= 0.3 is 6.03 Å². The van der Waals surface area contributed by atoms with Crippen molar-refractivity contribution in [2.45, 2.75) is 71.3 Å². The molecule has 210 valence electrons. The molecule has 4 fully saturated rings. The number of piperidine rings is 1. The predicted octanol–water partition coefficient (Wildman–Crippen LogP) is 4.62. The largest absolute Gasteiger partial charge is 0.342 e. The number of hydrogen-bond acceptors (Lipinski definition) is 4. The highest BCUT2D eigenvalue weighted by molar-refractivity contribution is 6.07. The maximum atomic E-state index is 13.5. The Morgan fingerprint density at radius 3 is 2.24 bits per heavy atom. The maximum Gasteiger partial charge on any atom is 0.327 e. The van der Waals surface area contributed by atoms with E-state index in [0.717, 1.165) is 45.6 Å². The Balaban J connectivity index is 0.00000336. The molecule has 1 spiro atoms. The quantitative estimate of drug-likeness (QED) is 0.470. The summed E-state index contributed by atoms with van der Waals surface area (Å²) in [5.74, 6) is 1.46. The van der Waals surface area contributed by atoms with Gasteiger partial charge in [0.2, 0.25) is 5.91 Å². The van der Waals surface area contributed by atoms with Gasteiger partial charge < -0.3 is 14.7 Å². The molecule has 0 aromatic heterocycles. The zero-order valence-electron chi connectivity index (χ0n) is 23.5. The normalized spacial score (nSPS) is 25.8. The Morgan fingerprint density at radius 2 is 1.66 bits per heavy atom. The van der Waals surface area contributed by atoms with Crippen LogP contribution in [0.25, 0.3) is 0 Å². The highest BCUT2D eigenvalue weighted by atomic mass is 35.5. The second-order valence-electron chi connectivity index (χ2n) is 13.0. The van der Waals surface area contributed by atoms with Gasteiger partial charge in [0, 0.05) is 58.2 Å². The Bertz CT molecular complexity index is 1010. The van der Waals surface area contributed by atoms with E-state index in [9.17, 15) is 14.4 Å². The number of likely N-dealkylation sites (N-methyl/N-ethyl adjacent to an activating group) is 1. The molecule has 4 amide bonds. The maximum absolute atomic E-state index is 13.5. The van der Waals surface area contributed by atoms with Gasteiger partial charge in [0.1, 0.15) is 5.54 Å². The molecule has 3 heterocycles. The van der Waals surface area contributed by atoms with Crippen LogP contribution in [0.2, 0.25) is 0 Å². The van der Waals surface area contributed by atoms with E-state index >= 15 is 0 Å². The number of urea groups is 1. The van der Waals surface area contributed by atoms with Crippen molar-refractivity contribution in [3.8, 4) is 0 Å². The molecule has 0 unspecified atom stereocenters. The summed E-state index contributed by atoms with van der Waals surface area (Å²) in [6.07, 6.45) is 4.21. The number of imide groups is 1. The number of benzene rings is 1. The molecule has 2 atom stereocenters. The summed E-state index contributed by atoms with van der Waals surface area (Å²) in [6.45, 7) is 13.6. The minimum absolute atomic E-state index is 0. The molecule has 3 saturated heterocycles. The van der Waals surface area contributed by atoms with Gasteiger partial charge in [-0.1, -0.05) is 51.1 Å². The lowest BCUT2D eigenvalue weighted by Crippen LogP contribution is -2.57. The fraction of sp³-hybridized carbons (Fsp3) is 0.700. The topological polar surface area (TPSA) is 64.2 Å².